The van der Waals surface area contributed by atoms with Crippen LogP contribution in [0.5, 0.6) is 0 Å². The number of carbonyl (C=O) groups excluding carboxylic acids is 4. The molecule has 2 aliphatic heterocycles. The molecule has 9 heteroatoms. The first kappa shape index (κ1) is 22.5. The van der Waals surface area contributed by atoms with Gasteiger partial charge in [-0.05, 0) is 48.5 Å². The molecule has 0 bridgehead atoms. The van der Waals surface area contributed by atoms with Gasteiger partial charge in [0.25, 0.3) is 5.91 Å². The average Bonchev–Trinajstić information content (AvgIpc) is 3.17. The lowest BCUT2D eigenvalue weighted by atomic mass is 10.1. The second-order valence-corrected chi connectivity index (χ2v) is 8.03. The molecular weight excluding hydrogens is 424 g/mol. The van der Waals surface area contributed by atoms with Crippen LogP contribution in [0.25, 0.3) is 0 Å². The van der Waals surface area contributed by atoms with E-state index in [0.29, 0.717) is 30.2 Å². The Morgan fingerprint density at radius 2 is 1.48 bits per heavy atom. The summed E-state index contributed by atoms with van der Waals surface area (Å²) in [4.78, 5) is 53.5. The molecule has 0 spiro atoms. The molecule has 2 aliphatic rings. The van der Waals surface area contributed by atoms with Gasteiger partial charge in [-0.3, -0.25) is 24.1 Å². The number of benzene rings is 2. The number of nitrogens with zero attached hydrogens (tertiary/aromatic N) is 3. The van der Waals surface area contributed by atoms with Crippen LogP contribution in [-0.4, -0.2) is 68.4 Å². The molecule has 0 radical (unpaired) electrons. The lowest BCUT2D eigenvalue weighted by Crippen LogP contribution is -2.36. The number of hydrogen-bond acceptors (Lipinski definition) is 6. The third kappa shape index (κ3) is 5.20. The van der Waals surface area contributed by atoms with Gasteiger partial charge in [0.2, 0.25) is 17.7 Å². The molecule has 1 N–H and O–H groups in total. The zero-order valence-electron chi connectivity index (χ0n) is 18.5. The van der Waals surface area contributed by atoms with Crippen molar-refractivity contribution in [2.24, 2.45) is 0 Å². The highest BCUT2D eigenvalue weighted by atomic mass is 16.5. The number of morpholine rings is 1. The van der Waals surface area contributed by atoms with Crippen LogP contribution in [0.2, 0.25) is 0 Å². The van der Waals surface area contributed by atoms with Crippen molar-refractivity contribution in [2.45, 2.75) is 12.8 Å². The van der Waals surface area contributed by atoms with Gasteiger partial charge in [0, 0.05) is 49.9 Å². The lowest BCUT2D eigenvalue weighted by Gasteiger charge is -2.28. The minimum Gasteiger partial charge on any atom is -0.378 e. The van der Waals surface area contributed by atoms with Crippen LogP contribution < -0.4 is 15.1 Å². The Kier molecular flexibility index (Phi) is 6.69. The van der Waals surface area contributed by atoms with Crippen molar-refractivity contribution in [1.29, 1.82) is 0 Å². The van der Waals surface area contributed by atoms with E-state index in [4.69, 9.17) is 4.74 Å². The van der Waals surface area contributed by atoms with Crippen molar-refractivity contribution in [3.8, 4) is 0 Å². The number of ether oxygens (including phenoxy) is 1. The standard InChI is InChI=1S/C24H26N4O5/c1-26(24(32)17-2-6-20(7-3-17)28-22(30)10-11-23(28)31)16-21(29)25-18-4-8-19(9-5-18)27-12-14-33-15-13-27/h2-9H,10-16H2,1H3,(H,25,29). The molecule has 0 saturated carbocycles. The van der Waals surface area contributed by atoms with E-state index < -0.39 is 0 Å². The number of nitrogens with one attached hydrogen (secondary N) is 1. The van der Waals surface area contributed by atoms with Gasteiger partial charge in [0.15, 0.2) is 0 Å². The topological polar surface area (TPSA) is 99.3 Å². The molecule has 0 aromatic heterocycles. The zero-order valence-corrected chi connectivity index (χ0v) is 18.5. The van der Waals surface area contributed by atoms with Crippen molar-refractivity contribution in [3.05, 3.63) is 54.1 Å². The Morgan fingerprint density at radius 1 is 0.909 bits per heavy atom. The molecule has 4 rings (SSSR count). The fourth-order valence-electron chi connectivity index (χ4n) is 3.90. The third-order valence-electron chi connectivity index (χ3n) is 5.68. The van der Waals surface area contributed by atoms with Crippen molar-refractivity contribution in [1.82, 2.24) is 4.90 Å². The van der Waals surface area contributed by atoms with Gasteiger partial charge >= 0.3 is 0 Å². The van der Waals surface area contributed by atoms with E-state index in [-0.39, 0.29) is 43.0 Å². The second kappa shape index (κ2) is 9.83. The second-order valence-electron chi connectivity index (χ2n) is 8.03. The van der Waals surface area contributed by atoms with Crippen LogP contribution in [0.4, 0.5) is 17.1 Å². The third-order valence-corrected chi connectivity index (χ3v) is 5.68. The van der Waals surface area contributed by atoms with Gasteiger partial charge in [-0.1, -0.05) is 0 Å². The molecule has 4 amide bonds. The highest BCUT2D eigenvalue weighted by molar-refractivity contribution is 6.19. The molecule has 9 nitrogen and oxygen atoms in total. The monoisotopic (exact) mass is 450 g/mol. The van der Waals surface area contributed by atoms with Gasteiger partial charge < -0.3 is 19.9 Å². The predicted octanol–water partition coefficient (Wildman–Crippen LogP) is 1.89. The molecule has 2 aromatic carbocycles. The van der Waals surface area contributed by atoms with Gasteiger partial charge in [-0.15, -0.1) is 0 Å². The number of carbonyl (C=O) groups is 4. The van der Waals surface area contributed by atoms with Crippen molar-refractivity contribution >= 4 is 40.7 Å². The molecule has 0 unspecified atom stereocenters. The molecular formula is C24H26N4O5. The number of anilines is 3. The summed E-state index contributed by atoms with van der Waals surface area (Å²) in [7, 11) is 1.55. The van der Waals surface area contributed by atoms with Gasteiger partial charge in [0.05, 0.1) is 25.4 Å². The summed E-state index contributed by atoms with van der Waals surface area (Å²) in [6, 6.07) is 13.8. The first-order valence-electron chi connectivity index (χ1n) is 10.9. The zero-order chi connectivity index (χ0) is 23.4. The minimum atomic E-state index is -0.335. The van der Waals surface area contributed by atoms with Crippen molar-refractivity contribution in [2.75, 3.05) is 55.0 Å². The number of hydrogen-bond donors (Lipinski definition) is 1. The van der Waals surface area contributed by atoms with Crippen LogP contribution >= 0.6 is 0 Å². The number of rotatable bonds is 6. The van der Waals surface area contributed by atoms with Gasteiger partial charge in [-0.25, -0.2) is 0 Å². The first-order chi connectivity index (χ1) is 15.9. The molecule has 0 aliphatic carbocycles. The maximum absolute atomic E-state index is 12.7. The molecule has 2 saturated heterocycles. The molecule has 2 heterocycles. The Bertz CT molecular complexity index is 1030. The summed E-state index contributed by atoms with van der Waals surface area (Å²) in [5.74, 6) is -1.13. The normalized spacial score (nSPS) is 16.2. The fourth-order valence-corrected chi connectivity index (χ4v) is 3.90. The van der Waals surface area contributed by atoms with Gasteiger partial charge in [-0.2, -0.15) is 0 Å². The van der Waals surface area contributed by atoms with E-state index in [9.17, 15) is 19.2 Å². The largest absolute Gasteiger partial charge is 0.378 e. The maximum atomic E-state index is 12.7. The van der Waals surface area contributed by atoms with Crippen LogP contribution in [0.15, 0.2) is 48.5 Å². The lowest BCUT2D eigenvalue weighted by molar-refractivity contribution is -0.121. The summed E-state index contributed by atoms with van der Waals surface area (Å²) < 4.78 is 5.36. The van der Waals surface area contributed by atoms with E-state index >= 15 is 0 Å². The number of likely N-dealkylation sites (N-methyl/N-ethyl adjacent to an activating group) is 1. The maximum Gasteiger partial charge on any atom is 0.254 e. The van der Waals surface area contributed by atoms with E-state index in [1.54, 1.807) is 31.3 Å². The van der Waals surface area contributed by atoms with Crippen LogP contribution in [0, 0.1) is 0 Å². The van der Waals surface area contributed by atoms with E-state index in [0.717, 1.165) is 23.7 Å². The van der Waals surface area contributed by atoms with Crippen molar-refractivity contribution in [3.63, 3.8) is 0 Å². The summed E-state index contributed by atoms with van der Waals surface area (Å²) in [5, 5.41) is 2.81. The summed E-state index contributed by atoms with van der Waals surface area (Å²) in [5.41, 5.74) is 2.54. The van der Waals surface area contributed by atoms with Crippen LogP contribution in [0.3, 0.4) is 0 Å². The quantitative estimate of drug-likeness (QED) is 0.675. The molecule has 33 heavy (non-hydrogen) atoms. The van der Waals surface area contributed by atoms with E-state index in [1.165, 1.54) is 4.90 Å². The predicted molar refractivity (Wildman–Crippen MR) is 123 cm³/mol. The van der Waals surface area contributed by atoms with E-state index in [2.05, 4.69) is 10.2 Å². The number of imide groups is 1. The summed E-state index contributed by atoms with van der Waals surface area (Å²) in [6.45, 7) is 2.97. The van der Waals surface area contributed by atoms with Crippen LogP contribution in [-0.2, 0) is 19.1 Å². The molecule has 2 aromatic rings. The molecule has 2 fully saturated rings. The van der Waals surface area contributed by atoms with E-state index in [1.807, 2.05) is 24.3 Å². The average molecular weight is 450 g/mol. The fraction of sp³-hybridized carbons (Fsp3) is 0.333. The Labute approximate surface area is 191 Å². The highest BCUT2D eigenvalue weighted by Crippen LogP contribution is 2.23. The summed E-state index contributed by atoms with van der Waals surface area (Å²) in [6.07, 6.45) is 0.403. The number of amides is 4. The van der Waals surface area contributed by atoms with Crippen LogP contribution in [0.1, 0.15) is 23.2 Å². The Morgan fingerprint density at radius 3 is 2.09 bits per heavy atom. The minimum absolute atomic E-state index is 0.116. The Hall–Kier alpha value is -3.72. The summed E-state index contributed by atoms with van der Waals surface area (Å²) >= 11 is 0. The highest BCUT2D eigenvalue weighted by Gasteiger charge is 2.30. The Balaban J connectivity index is 1.31. The smallest absolute Gasteiger partial charge is 0.254 e. The van der Waals surface area contributed by atoms with Gasteiger partial charge in [0.1, 0.15) is 0 Å². The molecule has 172 valence electrons. The first-order valence-corrected chi connectivity index (χ1v) is 10.9. The molecule has 0 atom stereocenters. The van der Waals surface area contributed by atoms with Crippen molar-refractivity contribution < 1.29 is 23.9 Å². The SMILES string of the molecule is CN(CC(=O)Nc1ccc(N2CCOCC2)cc1)C(=O)c1ccc(N2C(=O)CCC2=O)cc1.